The second-order valence-corrected chi connectivity index (χ2v) is 12.6. The number of hydrogen-bond donors (Lipinski definition) is 1. The Morgan fingerprint density at radius 2 is 1.95 bits per heavy atom. The van der Waals surface area contributed by atoms with E-state index in [4.69, 9.17) is 16.3 Å². The molecule has 1 fully saturated rings. The van der Waals surface area contributed by atoms with Crippen molar-refractivity contribution in [1.29, 1.82) is 0 Å². The van der Waals surface area contributed by atoms with E-state index < -0.39 is 5.62 Å². The minimum atomic E-state index is -2.05. The molecule has 0 amide bonds. The van der Waals surface area contributed by atoms with Crippen LogP contribution in [0.4, 0.5) is 0 Å². The summed E-state index contributed by atoms with van der Waals surface area (Å²) in [6.07, 6.45) is 8.37. The van der Waals surface area contributed by atoms with Gasteiger partial charge in [-0.3, -0.25) is 4.99 Å². The molecule has 0 aromatic carbocycles. The first-order valence-electron chi connectivity index (χ1n) is 7.63. The van der Waals surface area contributed by atoms with E-state index in [1.54, 1.807) is 11.4 Å². The molecule has 1 aliphatic rings. The highest BCUT2D eigenvalue weighted by molar-refractivity contribution is 8.68. The molecule has 1 N–H and O–H groups in total. The first-order chi connectivity index (χ1) is 9.41. The average molecular weight is 337 g/mol. The van der Waals surface area contributed by atoms with Gasteiger partial charge in [-0.05, 0) is 44.4 Å². The molecule has 0 bridgehead atoms. The summed E-state index contributed by atoms with van der Waals surface area (Å²) in [4.78, 5) is 4.63. The first-order valence-corrected chi connectivity index (χ1v) is 11.9. The second kappa shape index (κ2) is 9.45. The number of nitrogens with zero attached hydrogens (tertiary/aromatic N) is 1. The Hall–Kier alpha value is 0.430. The standard InChI is InChI=1S/C14H29N2OPS2/c1-12(2)10-20-18(19,17-13(3)4)16-11-15-14-8-6-5-7-9-14/h11-14H,5-10H2,1-4H3,(H,15,16,19). The number of rotatable bonds is 8. The SMILES string of the molecule is CC(C)CSP(=S)(NC=NC1CCCCC1)OC(C)C. The molecular weight excluding hydrogens is 307 g/mol. The molecule has 0 heterocycles. The lowest BCUT2D eigenvalue weighted by molar-refractivity contribution is 0.274. The molecule has 118 valence electrons. The summed E-state index contributed by atoms with van der Waals surface area (Å²) in [5.74, 6) is 1.64. The molecule has 1 unspecified atom stereocenters. The van der Waals surface area contributed by atoms with E-state index in [1.165, 1.54) is 32.1 Å². The van der Waals surface area contributed by atoms with Gasteiger partial charge in [-0.25, -0.2) is 0 Å². The van der Waals surface area contributed by atoms with Crippen LogP contribution in [0.5, 0.6) is 0 Å². The van der Waals surface area contributed by atoms with E-state index >= 15 is 0 Å². The molecule has 3 nitrogen and oxygen atoms in total. The van der Waals surface area contributed by atoms with Crippen LogP contribution in [0.3, 0.4) is 0 Å². The van der Waals surface area contributed by atoms with Gasteiger partial charge in [0.15, 0.2) is 0 Å². The molecule has 1 aliphatic carbocycles. The van der Waals surface area contributed by atoms with Gasteiger partial charge in [0.2, 0.25) is 5.62 Å². The third kappa shape index (κ3) is 8.02. The third-order valence-corrected chi connectivity index (χ3v) is 8.85. The van der Waals surface area contributed by atoms with Crippen molar-refractivity contribution in [2.75, 3.05) is 5.75 Å². The van der Waals surface area contributed by atoms with Crippen LogP contribution in [-0.4, -0.2) is 24.2 Å². The Labute approximate surface area is 133 Å². The summed E-state index contributed by atoms with van der Waals surface area (Å²) in [7, 11) is 0. The predicted octanol–water partition coefficient (Wildman–Crippen LogP) is 4.98. The predicted molar refractivity (Wildman–Crippen MR) is 96.3 cm³/mol. The van der Waals surface area contributed by atoms with Crippen LogP contribution in [0.1, 0.15) is 59.8 Å². The molecular formula is C14H29N2OPS2. The number of aliphatic imine (C=N–C) groups is 1. The number of nitrogens with one attached hydrogen (secondary N) is 1. The zero-order valence-corrected chi connectivity index (χ0v) is 15.7. The van der Waals surface area contributed by atoms with E-state index in [0.29, 0.717) is 12.0 Å². The largest absolute Gasteiger partial charge is 0.324 e. The van der Waals surface area contributed by atoms with Crippen LogP contribution in [0.25, 0.3) is 0 Å². The van der Waals surface area contributed by atoms with E-state index in [2.05, 4.69) is 23.9 Å². The maximum absolute atomic E-state index is 5.96. The van der Waals surface area contributed by atoms with Gasteiger partial charge in [0.25, 0.3) is 0 Å². The van der Waals surface area contributed by atoms with E-state index in [9.17, 15) is 0 Å². The zero-order chi connectivity index (χ0) is 15.0. The maximum Gasteiger partial charge on any atom is 0.211 e. The van der Waals surface area contributed by atoms with Crippen molar-refractivity contribution in [1.82, 2.24) is 5.09 Å². The van der Waals surface area contributed by atoms with Crippen molar-refractivity contribution >= 4 is 35.1 Å². The highest BCUT2D eigenvalue weighted by Gasteiger charge is 2.20. The lowest BCUT2D eigenvalue weighted by Crippen LogP contribution is -2.16. The summed E-state index contributed by atoms with van der Waals surface area (Å²) < 4.78 is 5.96. The zero-order valence-electron chi connectivity index (χ0n) is 13.2. The molecule has 6 heteroatoms. The molecule has 0 spiro atoms. The quantitative estimate of drug-likeness (QED) is 0.385. The van der Waals surface area contributed by atoms with Gasteiger partial charge in [0, 0.05) is 5.75 Å². The summed E-state index contributed by atoms with van der Waals surface area (Å²) >= 11 is 7.46. The van der Waals surface area contributed by atoms with E-state index in [-0.39, 0.29) is 6.10 Å². The topological polar surface area (TPSA) is 33.6 Å². The average Bonchev–Trinajstić information content (AvgIpc) is 2.37. The molecule has 0 saturated heterocycles. The van der Waals surface area contributed by atoms with Crippen LogP contribution < -0.4 is 5.09 Å². The molecule has 1 atom stereocenters. The van der Waals surface area contributed by atoms with Gasteiger partial charge in [-0.1, -0.05) is 44.5 Å². The fraction of sp³-hybridized carbons (Fsp3) is 0.929. The molecule has 0 aromatic rings. The van der Waals surface area contributed by atoms with Crippen molar-refractivity contribution in [3.63, 3.8) is 0 Å². The first kappa shape index (κ1) is 18.5. The molecule has 0 radical (unpaired) electrons. The Kier molecular flexibility index (Phi) is 8.73. The highest BCUT2D eigenvalue weighted by atomic mass is 32.9. The van der Waals surface area contributed by atoms with Crippen LogP contribution in [0, 0.1) is 5.92 Å². The van der Waals surface area contributed by atoms with Crippen LogP contribution in [-0.2, 0) is 16.3 Å². The van der Waals surface area contributed by atoms with Gasteiger partial charge in [0.05, 0.1) is 18.5 Å². The van der Waals surface area contributed by atoms with Crippen LogP contribution in [0.15, 0.2) is 4.99 Å². The minimum absolute atomic E-state index is 0.149. The van der Waals surface area contributed by atoms with Gasteiger partial charge in [-0.2, -0.15) is 0 Å². The maximum atomic E-state index is 5.96. The van der Waals surface area contributed by atoms with Crippen LogP contribution >= 0.6 is 17.0 Å². The fourth-order valence-electron chi connectivity index (χ4n) is 2.06. The Morgan fingerprint density at radius 1 is 1.30 bits per heavy atom. The molecule has 0 aromatic heterocycles. The number of hydrogen-bond acceptors (Lipinski definition) is 4. The monoisotopic (exact) mass is 336 g/mol. The molecule has 1 saturated carbocycles. The van der Waals surface area contributed by atoms with Crippen molar-refractivity contribution in [2.45, 2.75) is 71.9 Å². The van der Waals surface area contributed by atoms with Gasteiger partial charge >= 0.3 is 0 Å². The van der Waals surface area contributed by atoms with E-state index in [0.717, 1.165) is 5.75 Å². The summed E-state index contributed by atoms with van der Waals surface area (Å²) in [5, 5.41) is 3.31. The normalized spacial score (nSPS) is 20.7. The smallest absolute Gasteiger partial charge is 0.211 e. The summed E-state index contributed by atoms with van der Waals surface area (Å²) in [6.45, 7) is 8.49. The minimum Gasteiger partial charge on any atom is -0.324 e. The second-order valence-electron chi connectivity index (χ2n) is 6.04. The van der Waals surface area contributed by atoms with E-state index in [1.807, 2.05) is 20.2 Å². The third-order valence-electron chi connectivity index (χ3n) is 3.00. The molecule has 20 heavy (non-hydrogen) atoms. The molecule has 0 aliphatic heterocycles. The Morgan fingerprint density at radius 3 is 2.50 bits per heavy atom. The summed E-state index contributed by atoms with van der Waals surface area (Å²) in [6, 6.07) is 0.480. The van der Waals surface area contributed by atoms with Crippen molar-refractivity contribution < 1.29 is 4.52 Å². The Balaban J connectivity index is 2.50. The summed E-state index contributed by atoms with van der Waals surface area (Å²) in [5.41, 5.74) is -2.05. The van der Waals surface area contributed by atoms with Gasteiger partial charge < -0.3 is 9.61 Å². The van der Waals surface area contributed by atoms with Crippen molar-refractivity contribution in [3.8, 4) is 0 Å². The van der Waals surface area contributed by atoms with Crippen molar-refractivity contribution in [3.05, 3.63) is 0 Å². The highest BCUT2D eigenvalue weighted by Crippen LogP contribution is 2.57. The lowest BCUT2D eigenvalue weighted by atomic mass is 9.96. The lowest BCUT2D eigenvalue weighted by Gasteiger charge is -2.25. The van der Waals surface area contributed by atoms with Crippen molar-refractivity contribution in [2.24, 2.45) is 10.9 Å². The Bertz CT molecular complexity index is 342. The fourth-order valence-corrected chi connectivity index (χ4v) is 7.27. The van der Waals surface area contributed by atoms with Gasteiger partial charge in [-0.15, -0.1) is 0 Å². The van der Waals surface area contributed by atoms with Crippen LogP contribution in [0.2, 0.25) is 0 Å². The van der Waals surface area contributed by atoms with Gasteiger partial charge in [0.1, 0.15) is 0 Å². The molecule has 1 rings (SSSR count).